The number of ether oxygens (including phenoxy) is 2. The first kappa shape index (κ1) is 15.9. The second-order valence-corrected chi connectivity index (χ2v) is 4.45. The van der Waals surface area contributed by atoms with Crippen molar-refractivity contribution in [1.29, 1.82) is 0 Å². The summed E-state index contributed by atoms with van der Waals surface area (Å²) in [6.45, 7) is 0. The van der Waals surface area contributed by atoms with Crippen molar-refractivity contribution in [3.05, 3.63) is 53.6 Å². The molecule has 2 aromatic carbocycles. The molecule has 22 heavy (non-hydrogen) atoms. The van der Waals surface area contributed by atoms with E-state index in [2.05, 4.69) is 4.74 Å². The molecule has 0 unspecified atom stereocenters. The van der Waals surface area contributed by atoms with Crippen molar-refractivity contribution in [2.24, 2.45) is 0 Å². The fourth-order valence-corrected chi connectivity index (χ4v) is 2.13. The third-order valence-electron chi connectivity index (χ3n) is 3.15. The van der Waals surface area contributed by atoms with Crippen LogP contribution in [0, 0.1) is 0 Å². The van der Waals surface area contributed by atoms with Crippen LogP contribution in [0.5, 0.6) is 5.75 Å². The molecule has 0 saturated carbocycles. The fraction of sp³-hybridized carbons (Fsp3) is 0.188. The van der Waals surface area contributed by atoms with Crippen LogP contribution in [0.4, 0.5) is 13.2 Å². The average molecular weight is 310 g/mol. The van der Waals surface area contributed by atoms with Gasteiger partial charge in [0.05, 0.1) is 25.3 Å². The maximum atomic E-state index is 13.2. The Bertz CT molecular complexity index is 693. The maximum absolute atomic E-state index is 13.2. The van der Waals surface area contributed by atoms with Crippen LogP contribution in [0.2, 0.25) is 0 Å². The minimum atomic E-state index is -4.52. The molecule has 2 aromatic rings. The molecule has 0 radical (unpaired) electrons. The molecule has 0 N–H and O–H groups in total. The number of hydrogen-bond donors (Lipinski definition) is 0. The van der Waals surface area contributed by atoms with Crippen molar-refractivity contribution in [3.63, 3.8) is 0 Å². The molecule has 0 fully saturated rings. The van der Waals surface area contributed by atoms with Crippen molar-refractivity contribution >= 4 is 5.97 Å². The second kappa shape index (κ2) is 6.09. The number of hydrogen-bond acceptors (Lipinski definition) is 3. The average Bonchev–Trinajstić information content (AvgIpc) is 2.52. The number of halogens is 3. The van der Waals surface area contributed by atoms with Crippen LogP contribution in [-0.2, 0) is 10.9 Å². The van der Waals surface area contributed by atoms with E-state index in [0.29, 0.717) is 5.75 Å². The van der Waals surface area contributed by atoms with E-state index in [-0.39, 0.29) is 16.7 Å². The number of esters is 1. The van der Waals surface area contributed by atoms with Crippen molar-refractivity contribution < 1.29 is 27.4 Å². The fourth-order valence-electron chi connectivity index (χ4n) is 2.13. The van der Waals surface area contributed by atoms with Gasteiger partial charge in [0.2, 0.25) is 0 Å². The Morgan fingerprint density at radius 1 is 1.00 bits per heavy atom. The summed E-state index contributed by atoms with van der Waals surface area (Å²) >= 11 is 0. The van der Waals surface area contributed by atoms with Crippen molar-refractivity contribution in [3.8, 4) is 16.9 Å². The molecule has 0 aliphatic carbocycles. The summed E-state index contributed by atoms with van der Waals surface area (Å²) in [4.78, 5) is 11.9. The van der Waals surface area contributed by atoms with E-state index in [0.717, 1.165) is 6.07 Å². The third kappa shape index (κ3) is 3.05. The predicted octanol–water partition coefficient (Wildman–Crippen LogP) is 4.17. The quantitative estimate of drug-likeness (QED) is 0.798. The molecule has 2 rings (SSSR count). The van der Waals surface area contributed by atoms with Crippen LogP contribution in [0.3, 0.4) is 0 Å². The number of carbonyl (C=O) groups is 1. The van der Waals surface area contributed by atoms with Crippen LogP contribution >= 0.6 is 0 Å². The monoisotopic (exact) mass is 310 g/mol. The summed E-state index contributed by atoms with van der Waals surface area (Å²) in [5.41, 5.74) is -0.748. The van der Waals surface area contributed by atoms with Gasteiger partial charge >= 0.3 is 12.1 Å². The Kier molecular flexibility index (Phi) is 4.40. The Morgan fingerprint density at radius 3 is 2.27 bits per heavy atom. The molecule has 0 saturated heterocycles. The SMILES string of the molecule is COC(=O)c1cc(OC)ccc1-c1ccccc1C(F)(F)F. The van der Waals surface area contributed by atoms with E-state index in [1.165, 1.54) is 50.6 Å². The molecular formula is C16H13F3O3. The highest BCUT2D eigenvalue weighted by molar-refractivity contribution is 5.98. The van der Waals surface area contributed by atoms with E-state index < -0.39 is 17.7 Å². The van der Waals surface area contributed by atoms with Crippen LogP contribution in [0.15, 0.2) is 42.5 Å². The van der Waals surface area contributed by atoms with Gasteiger partial charge in [0.25, 0.3) is 0 Å². The number of carbonyl (C=O) groups excluding carboxylic acids is 1. The molecule has 0 aliphatic rings. The summed E-state index contributed by atoms with van der Waals surface area (Å²) in [5, 5.41) is 0. The standard InChI is InChI=1S/C16H13F3O3/c1-21-10-7-8-11(13(9-10)15(20)22-2)12-5-3-4-6-14(12)16(17,18)19/h3-9H,1-2H3. The van der Waals surface area contributed by atoms with Crippen LogP contribution < -0.4 is 4.74 Å². The zero-order valence-electron chi connectivity index (χ0n) is 11.9. The Morgan fingerprint density at radius 2 is 1.68 bits per heavy atom. The van der Waals surface area contributed by atoms with Gasteiger partial charge < -0.3 is 9.47 Å². The van der Waals surface area contributed by atoms with E-state index in [1.54, 1.807) is 0 Å². The van der Waals surface area contributed by atoms with Crippen LogP contribution in [0.1, 0.15) is 15.9 Å². The summed E-state index contributed by atoms with van der Waals surface area (Å²) in [6, 6.07) is 9.33. The van der Waals surface area contributed by atoms with E-state index in [1.807, 2.05) is 0 Å². The van der Waals surface area contributed by atoms with Crippen molar-refractivity contribution in [1.82, 2.24) is 0 Å². The van der Waals surface area contributed by atoms with Gasteiger partial charge in [-0.3, -0.25) is 0 Å². The van der Waals surface area contributed by atoms with E-state index in [9.17, 15) is 18.0 Å². The Balaban J connectivity index is 2.70. The number of methoxy groups -OCH3 is 2. The van der Waals surface area contributed by atoms with Gasteiger partial charge in [-0.25, -0.2) is 4.79 Å². The lowest BCUT2D eigenvalue weighted by atomic mass is 9.95. The molecule has 0 amide bonds. The van der Waals surface area contributed by atoms with Gasteiger partial charge in [0.1, 0.15) is 5.75 Å². The molecule has 0 atom stereocenters. The first-order valence-electron chi connectivity index (χ1n) is 6.31. The summed E-state index contributed by atoms with van der Waals surface area (Å²) in [5.74, 6) is -0.375. The van der Waals surface area contributed by atoms with Gasteiger partial charge in [-0.05, 0) is 35.4 Å². The summed E-state index contributed by atoms with van der Waals surface area (Å²) in [7, 11) is 2.57. The lowest BCUT2D eigenvalue weighted by Crippen LogP contribution is -2.09. The first-order chi connectivity index (χ1) is 10.4. The lowest BCUT2D eigenvalue weighted by molar-refractivity contribution is -0.137. The highest BCUT2D eigenvalue weighted by Crippen LogP contribution is 2.38. The van der Waals surface area contributed by atoms with E-state index in [4.69, 9.17) is 4.74 Å². The normalized spacial score (nSPS) is 11.1. The predicted molar refractivity (Wildman–Crippen MR) is 74.8 cm³/mol. The highest BCUT2D eigenvalue weighted by Gasteiger charge is 2.34. The Labute approximate surface area is 125 Å². The molecule has 0 bridgehead atoms. The summed E-state index contributed by atoms with van der Waals surface area (Å²) in [6.07, 6.45) is -4.52. The van der Waals surface area contributed by atoms with Gasteiger partial charge in [0, 0.05) is 0 Å². The van der Waals surface area contributed by atoms with Crippen molar-refractivity contribution in [2.45, 2.75) is 6.18 Å². The third-order valence-corrected chi connectivity index (χ3v) is 3.15. The molecule has 6 heteroatoms. The molecular weight excluding hydrogens is 297 g/mol. The minimum Gasteiger partial charge on any atom is -0.497 e. The second-order valence-electron chi connectivity index (χ2n) is 4.45. The van der Waals surface area contributed by atoms with Crippen LogP contribution in [0.25, 0.3) is 11.1 Å². The molecule has 3 nitrogen and oxygen atoms in total. The van der Waals surface area contributed by atoms with Gasteiger partial charge in [0.15, 0.2) is 0 Å². The number of alkyl halides is 3. The van der Waals surface area contributed by atoms with Gasteiger partial charge in [-0.15, -0.1) is 0 Å². The molecule has 0 heterocycles. The first-order valence-corrected chi connectivity index (χ1v) is 6.31. The van der Waals surface area contributed by atoms with Gasteiger partial charge in [-0.2, -0.15) is 13.2 Å². The highest BCUT2D eigenvalue weighted by atomic mass is 19.4. The largest absolute Gasteiger partial charge is 0.497 e. The zero-order chi connectivity index (χ0) is 16.3. The minimum absolute atomic E-state index is 0.0125. The number of benzene rings is 2. The smallest absolute Gasteiger partial charge is 0.417 e. The molecule has 116 valence electrons. The van der Waals surface area contributed by atoms with Crippen molar-refractivity contribution in [2.75, 3.05) is 14.2 Å². The number of rotatable bonds is 3. The van der Waals surface area contributed by atoms with Crippen LogP contribution in [-0.4, -0.2) is 20.2 Å². The maximum Gasteiger partial charge on any atom is 0.417 e. The topological polar surface area (TPSA) is 35.5 Å². The lowest BCUT2D eigenvalue weighted by Gasteiger charge is -2.15. The molecule has 0 aliphatic heterocycles. The van der Waals surface area contributed by atoms with Gasteiger partial charge in [-0.1, -0.05) is 18.2 Å². The zero-order valence-corrected chi connectivity index (χ0v) is 11.9. The summed E-state index contributed by atoms with van der Waals surface area (Å²) < 4.78 is 49.1. The molecule has 0 spiro atoms. The van der Waals surface area contributed by atoms with E-state index >= 15 is 0 Å². The Hall–Kier alpha value is -2.50. The molecule has 0 aromatic heterocycles.